The molecule has 1 amide bonds. The first-order valence-electron chi connectivity index (χ1n) is 10.2. The van der Waals surface area contributed by atoms with Gasteiger partial charge in [-0.2, -0.15) is 0 Å². The predicted molar refractivity (Wildman–Crippen MR) is 129 cm³/mol. The average molecular weight is 428 g/mol. The molecule has 4 aromatic rings. The highest BCUT2D eigenvalue weighted by Gasteiger charge is 2.25. The lowest BCUT2D eigenvalue weighted by Gasteiger charge is -2.22. The molecule has 0 aliphatic heterocycles. The summed E-state index contributed by atoms with van der Waals surface area (Å²) in [6, 6.07) is 23.5. The van der Waals surface area contributed by atoms with Crippen LogP contribution in [0.5, 0.6) is 0 Å². The molecule has 0 radical (unpaired) electrons. The average Bonchev–Trinajstić information content (AvgIpc) is 3.07. The van der Waals surface area contributed by atoms with Gasteiger partial charge in [-0.1, -0.05) is 54.1 Å². The van der Waals surface area contributed by atoms with Crippen LogP contribution in [0.15, 0.2) is 79.0 Å². The first kappa shape index (κ1) is 20.8. The van der Waals surface area contributed by atoms with Crippen molar-refractivity contribution in [1.29, 1.82) is 0 Å². The lowest BCUT2D eigenvalue weighted by atomic mass is 9.95. The molecule has 2 aromatic carbocycles. The van der Waals surface area contributed by atoms with Crippen LogP contribution in [0.1, 0.15) is 43.5 Å². The molecular formula is C26H25N3OS. The van der Waals surface area contributed by atoms with Gasteiger partial charge in [-0.25, -0.2) is 4.98 Å². The number of pyridine rings is 1. The van der Waals surface area contributed by atoms with Crippen LogP contribution in [-0.4, -0.2) is 10.9 Å². The summed E-state index contributed by atoms with van der Waals surface area (Å²) in [5.74, 6) is 0.681. The van der Waals surface area contributed by atoms with Gasteiger partial charge in [-0.15, -0.1) is 11.3 Å². The van der Waals surface area contributed by atoms with Gasteiger partial charge in [0.15, 0.2) is 0 Å². The Hall–Kier alpha value is -3.44. The molecule has 5 heteroatoms. The molecule has 0 saturated carbocycles. The number of rotatable bonds is 6. The molecule has 156 valence electrons. The fourth-order valence-corrected chi connectivity index (χ4v) is 4.62. The van der Waals surface area contributed by atoms with Crippen LogP contribution < -0.4 is 10.6 Å². The van der Waals surface area contributed by atoms with Gasteiger partial charge < -0.3 is 10.6 Å². The Balaban J connectivity index is 1.77. The number of hydrogen-bond donors (Lipinski definition) is 2. The van der Waals surface area contributed by atoms with Gasteiger partial charge in [-0.05, 0) is 56.2 Å². The van der Waals surface area contributed by atoms with Crippen molar-refractivity contribution in [2.24, 2.45) is 0 Å². The molecule has 4 rings (SSSR count). The molecular weight excluding hydrogens is 402 g/mol. The first-order chi connectivity index (χ1) is 15.0. The summed E-state index contributed by atoms with van der Waals surface area (Å²) in [6.07, 6.45) is 1.78. The van der Waals surface area contributed by atoms with Crippen LogP contribution in [0, 0.1) is 20.8 Å². The van der Waals surface area contributed by atoms with Gasteiger partial charge >= 0.3 is 0 Å². The van der Waals surface area contributed by atoms with Gasteiger partial charge in [-0.3, -0.25) is 4.79 Å². The van der Waals surface area contributed by atoms with E-state index in [1.807, 2.05) is 48.5 Å². The zero-order valence-corrected chi connectivity index (χ0v) is 18.7. The van der Waals surface area contributed by atoms with Crippen LogP contribution in [0.3, 0.4) is 0 Å². The van der Waals surface area contributed by atoms with Crippen molar-refractivity contribution in [2.75, 3.05) is 10.6 Å². The number of benzene rings is 2. The molecule has 1 atom stereocenters. The summed E-state index contributed by atoms with van der Waals surface area (Å²) < 4.78 is 0. The molecule has 31 heavy (non-hydrogen) atoms. The molecule has 1 unspecified atom stereocenters. The number of nitrogens with one attached hydrogen (secondary N) is 2. The van der Waals surface area contributed by atoms with Gasteiger partial charge in [0.2, 0.25) is 0 Å². The highest BCUT2D eigenvalue weighted by Crippen LogP contribution is 2.41. The van der Waals surface area contributed by atoms with Crippen molar-refractivity contribution in [1.82, 2.24) is 4.98 Å². The van der Waals surface area contributed by atoms with Crippen molar-refractivity contribution in [3.63, 3.8) is 0 Å². The van der Waals surface area contributed by atoms with Crippen LogP contribution >= 0.6 is 11.3 Å². The molecule has 2 aromatic heterocycles. The van der Waals surface area contributed by atoms with Crippen molar-refractivity contribution in [3.8, 4) is 0 Å². The number of carbonyl (C=O) groups is 1. The summed E-state index contributed by atoms with van der Waals surface area (Å²) in [5, 5.41) is 7.60. The fourth-order valence-electron chi connectivity index (χ4n) is 3.53. The Bertz CT molecular complexity index is 1170. The molecule has 2 heterocycles. The monoisotopic (exact) mass is 427 g/mol. The standard InChI is InChI=1S/C26H25N3OS/c1-17-12-14-20(15-13-17)24(28-22-11-7-8-16-27-22)23-18(2)19(3)31-26(23)29-25(30)21-9-5-4-6-10-21/h4-16,24H,1-3H3,(H,27,28)(H,29,30). The molecule has 0 bridgehead atoms. The number of amides is 1. The molecule has 2 N–H and O–H groups in total. The SMILES string of the molecule is Cc1ccc(C(Nc2ccccn2)c2c(NC(=O)c3ccccc3)sc(C)c2C)cc1. The van der Waals surface area contributed by atoms with Crippen molar-refractivity contribution in [3.05, 3.63) is 112 Å². The molecule has 0 aliphatic carbocycles. The number of carbonyl (C=O) groups excluding carboxylic acids is 1. The van der Waals surface area contributed by atoms with Crippen LogP contribution in [0.4, 0.5) is 10.8 Å². The number of aromatic nitrogens is 1. The van der Waals surface area contributed by atoms with E-state index in [1.165, 1.54) is 16.0 Å². The minimum absolute atomic E-state index is 0.108. The zero-order chi connectivity index (χ0) is 21.8. The van der Waals surface area contributed by atoms with Crippen LogP contribution in [0.25, 0.3) is 0 Å². The van der Waals surface area contributed by atoms with Gasteiger partial charge in [0.05, 0.1) is 6.04 Å². The summed E-state index contributed by atoms with van der Waals surface area (Å²) in [7, 11) is 0. The van der Waals surface area contributed by atoms with Gasteiger partial charge in [0.25, 0.3) is 5.91 Å². The van der Waals surface area contributed by atoms with E-state index in [2.05, 4.69) is 60.7 Å². The Morgan fingerprint density at radius 2 is 1.61 bits per heavy atom. The summed E-state index contributed by atoms with van der Waals surface area (Å²) in [6.45, 7) is 6.28. The Labute approximate surface area is 187 Å². The second-order valence-electron chi connectivity index (χ2n) is 7.55. The Morgan fingerprint density at radius 1 is 0.903 bits per heavy atom. The van der Waals surface area contributed by atoms with E-state index in [1.54, 1.807) is 17.5 Å². The van der Waals surface area contributed by atoms with Crippen LogP contribution in [0.2, 0.25) is 0 Å². The van der Waals surface area contributed by atoms with Gasteiger partial charge in [0.1, 0.15) is 10.8 Å². The lowest BCUT2D eigenvalue weighted by molar-refractivity contribution is 0.102. The van der Waals surface area contributed by atoms with E-state index in [9.17, 15) is 4.79 Å². The number of thiophene rings is 1. The number of aryl methyl sites for hydroxylation is 2. The minimum atomic E-state index is -0.147. The normalized spacial score (nSPS) is 11.7. The third kappa shape index (κ3) is 4.67. The quantitative estimate of drug-likeness (QED) is 0.368. The Kier molecular flexibility index (Phi) is 6.14. The van der Waals surface area contributed by atoms with Crippen molar-refractivity contribution >= 4 is 28.1 Å². The van der Waals surface area contributed by atoms with Crippen molar-refractivity contribution < 1.29 is 4.79 Å². The maximum atomic E-state index is 12.9. The molecule has 0 aliphatic rings. The van der Waals surface area contributed by atoms with E-state index in [4.69, 9.17) is 0 Å². The second-order valence-corrected chi connectivity index (χ2v) is 8.77. The van der Waals surface area contributed by atoms with E-state index in [0.29, 0.717) is 5.56 Å². The highest BCUT2D eigenvalue weighted by molar-refractivity contribution is 7.16. The predicted octanol–water partition coefficient (Wildman–Crippen LogP) is 6.52. The number of nitrogens with zero attached hydrogens (tertiary/aromatic N) is 1. The maximum Gasteiger partial charge on any atom is 0.256 e. The molecule has 0 saturated heterocycles. The number of hydrogen-bond acceptors (Lipinski definition) is 4. The molecule has 4 nitrogen and oxygen atoms in total. The number of anilines is 2. The van der Waals surface area contributed by atoms with E-state index < -0.39 is 0 Å². The summed E-state index contributed by atoms with van der Waals surface area (Å²) >= 11 is 1.61. The Morgan fingerprint density at radius 3 is 2.29 bits per heavy atom. The summed E-state index contributed by atoms with van der Waals surface area (Å²) in [5.41, 5.74) is 5.20. The zero-order valence-electron chi connectivity index (χ0n) is 17.8. The lowest BCUT2D eigenvalue weighted by Crippen LogP contribution is -2.18. The molecule has 0 spiro atoms. The third-order valence-electron chi connectivity index (χ3n) is 5.35. The highest BCUT2D eigenvalue weighted by atomic mass is 32.1. The smallest absolute Gasteiger partial charge is 0.256 e. The van der Waals surface area contributed by atoms with E-state index in [-0.39, 0.29) is 11.9 Å². The van der Waals surface area contributed by atoms with Crippen molar-refractivity contribution in [2.45, 2.75) is 26.8 Å². The van der Waals surface area contributed by atoms with E-state index in [0.717, 1.165) is 21.9 Å². The molecule has 0 fully saturated rings. The third-order valence-corrected chi connectivity index (χ3v) is 6.49. The first-order valence-corrected chi connectivity index (χ1v) is 11.0. The second kappa shape index (κ2) is 9.14. The topological polar surface area (TPSA) is 54.0 Å². The minimum Gasteiger partial charge on any atom is -0.359 e. The van der Waals surface area contributed by atoms with E-state index >= 15 is 0 Å². The summed E-state index contributed by atoms with van der Waals surface area (Å²) in [4.78, 5) is 18.6. The fraction of sp³-hybridized carbons (Fsp3) is 0.154. The largest absolute Gasteiger partial charge is 0.359 e. The van der Waals surface area contributed by atoms with Crippen LogP contribution in [-0.2, 0) is 0 Å². The van der Waals surface area contributed by atoms with Gasteiger partial charge in [0, 0.05) is 22.2 Å². The maximum absolute atomic E-state index is 12.9.